The van der Waals surface area contributed by atoms with E-state index in [-0.39, 0.29) is 24.1 Å². The fourth-order valence-corrected chi connectivity index (χ4v) is 2.29. The molecule has 2 aromatic carbocycles. The number of halogens is 1. The molecule has 0 unspecified atom stereocenters. The molecule has 1 N–H and O–H groups in total. The maximum absolute atomic E-state index is 13.0. The molecule has 1 aromatic heterocycles. The summed E-state index contributed by atoms with van der Waals surface area (Å²) < 4.78 is 18.9. The second kappa shape index (κ2) is 7.14. The first-order chi connectivity index (χ1) is 12.4. The maximum atomic E-state index is 13.0. The number of rotatable bonds is 5. The Hall–Kier alpha value is -3.55. The van der Waals surface area contributed by atoms with Gasteiger partial charge in [-0.05, 0) is 48.5 Å². The SMILES string of the molecule is CC(=O)Nc1ccc(C(=O)Cn2nc(-c3ccc(F)cc3)oc2=O)cc1. The molecule has 0 aliphatic rings. The number of anilines is 1. The number of carbonyl (C=O) groups excluding carboxylic acids is 2. The summed E-state index contributed by atoms with van der Waals surface area (Å²) in [5.74, 6) is -1.77. The third-order valence-electron chi connectivity index (χ3n) is 3.52. The molecule has 7 nitrogen and oxygen atoms in total. The van der Waals surface area contributed by atoms with Crippen LogP contribution in [-0.2, 0) is 11.3 Å². The lowest BCUT2D eigenvalue weighted by molar-refractivity contribution is -0.114. The molecular weight excluding hydrogens is 341 g/mol. The van der Waals surface area contributed by atoms with Crippen molar-refractivity contribution in [2.45, 2.75) is 13.5 Å². The molecule has 3 aromatic rings. The Morgan fingerprint density at radius 1 is 1.12 bits per heavy atom. The van der Waals surface area contributed by atoms with Crippen LogP contribution in [0, 0.1) is 5.82 Å². The van der Waals surface area contributed by atoms with E-state index in [0.29, 0.717) is 16.8 Å². The molecule has 0 atom stereocenters. The fraction of sp³-hybridized carbons (Fsp3) is 0.111. The van der Waals surface area contributed by atoms with E-state index in [1.807, 2.05) is 0 Å². The molecule has 0 aliphatic heterocycles. The minimum Gasteiger partial charge on any atom is -0.388 e. The van der Waals surface area contributed by atoms with Gasteiger partial charge >= 0.3 is 5.76 Å². The molecule has 26 heavy (non-hydrogen) atoms. The normalized spacial score (nSPS) is 10.5. The van der Waals surface area contributed by atoms with Gasteiger partial charge in [-0.1, -0.05) is 0 Å². The van der Waals surface area contributed by atoms with E-state index in [0.717, 1.165) is 4.68 Å². The van der Waals surface area contributed by atoms with Crippen molar-refractivity contribution < 1.29 is 18.4 Å². The molecule has 0 saturated carbocycles. The highest BCUT2D eigenvalue weighted by Gasteiger charge is 2.14. The highest BCUT2D eigenvalue weighted by atomic mass is 19.1. The number of nitrogens with zero attached hydrogens (tertiary/aromatic N) is 2. The largest absolute Gasteiger partial charge is 0.437 e. The number of Topliss-reactive ketones (excluding diaryl/α,β-unsaturated/α-hetero) is 1. The zero-order valence-electron chi connectivity index (χ0n) is 13.7. The highest BCUT2D eigenvalue weighted by molar-refractivity contribution is 5.96. The summed E-state index contributed by atoms with van der Waals surface area (Å²) in [4.78, 5) is 35.2. The van der Waals surface area contributed by atoms with Gasteiger partial charge in [0.2, 0.25) is 11.8 Å². The molecule has 0 radical (unpaired) electrons. The summed E-state index contributed by atoms with van der Waals surface area (Å²) in [6, 6.07) is 11.5. The van der Waals surface area contributed by atoms with Crippen molar-refractivity contribution in [1.29, 1.82) is 0 Å². The number of nitrogens with one attached hydrogen (secondary N) is 1. The van der Waals surface area contributed by atoms with Gasteiger partial charge in [-0.2, -0.15) is 4.68 Å². The van der Waals surface area contributed by atoms with Crippen LogP contribution in [0.5, 0.6) is 0 Å². The number of amides is 1. The van der Waals surface area contributed by atoms with Crippen LogP contribution in [0.1, 0.15) is 17.3 Å². The van der Waals surface area contributed by atoms with Crippen molar-refractivity contribution in [1.82, 2.24) is 9.78 Å². The molecule has 0 bridgehead atoms. The summed E-state index contributed by atoms with van der Waals surface area (Å²) >= 11 is 0. The molecule has 1 heterocycles. The smallest absolute Gasteiger partial charge is 0.388 e. The third kappa shape index (κ3) is 3.92. The van der Waals surface area contributed by atoms with Crippen LogP contribution >= 0.6 is 0 Å². The minimum absolute atomic E-state index is 0.00352. The average molecular weight is 355 g/mol. The standard InChI is InChI=1S/C18H14FN3O4/c1-11(23)20-15-8-4-12(5-9-15)16(24)10-22-18(25)26-17(21-22)13-2-6-14(19)7-3-13/h2-9H,10H2,1H3,(H,20,23). The van der Waals surface area contributed by atoms with E-state index in [1.54, 1.807) is 24.3 Å². The van der Waals surface area contributed by atoms with E-state index in [2.05, 4.69) is 10.4 Å². The van der Waals surface area contributed by atoms with Gasteiger partial charge in [-0.15, -0.1) is 5.10 Å². The second-order valence-corrected chi connectivity index (χ2v) is 5.52. The molecule has 1 amide bonds. The quantitative estimate of drug-likeness (QED) is 0.710. The Morgan fingerprint density at radius 2 is 1.77 bits per heavy atom. The third-order valence-corrected chi connectivity index (χ3v) is 3.52. The van der Waals surface area contributed by atoms with Gasteiger partial charge in [-0.3, -0.25) is 9.59 Å². The van der Waals surface area contributed by atoms with E-state index >= 15 is 0 Å². The van der Waals surface area contributed by atoms with Crippen LogP contribution in [0.25, 0.3) is 11.5 Å². The van der Waals surface area contributed by atoms with E-state index in [9.17, 15) is 18.8 Å². The predicted molar refractivity (Wildman–Crippen MR) is 91.2 cm³/mol. The van der Waals surface area contributed by atoms with Gasteiger partial charge in [0.15, 0.2) is 5.78 Å². The van der Waals surface area contributed by atoms with Crippen molar-refractivity contribution in [2.24, 2.45) is 0 Å². The van der Waals surface area contributed by atoms with E-state index in [4.69, 9.17) is 4.42 Å². The maximum Gasteiger partial charge on any atom is 0.437 e. The number of aromatic nitrogens is 2. The van der Waals surface area contributed by atoms with Crippen molar-refractivity contribution in [3.63, 3.8) is 0 Å². The highest BCUT2D eigenvalue weighted by Crippen LogP contribution is 2.16. The Labute approximate surface area is 147 Å². The Bertz CT molecular complexity index is 1000. The van der Waals surface area contributed by atoms with Crippen molar-refractivity contribution in [3.05, 3.63) is 70.5 Å². The molecule has 0 fully saturated rings. The Kier molecular flexibility index (Phi) is 4.74. The monoisotopic (exact) mass is 355 g/mol. The van der Waals surface area contributed by atoms with Crippen molar-refractivity contribution in [2.75, 3.05) is 5.32 Å². The number of hydrogen-bond donors (Lipinski definition) is 1. The van der Waals surface area contributed by atoms with Crippen LogP contribution in [0.15, 0.2) is 57.7 Å². The second-order valence-electron chi connectivity index (χ2n) is 5.52. The molecule has 0 aliphatic carbocycles. The first-order valence-corrected chi connectivity index (χ1v) is 7.67. The van der Waals surface area contributed by atoms with Gasteiger partial charge in [0.25, 0.3) is 0 Å². The number of benzene rings is 2. The van der Waals surface area contributed by atoms with Crippen LogP contribution < -0.4 is 11.1 Å². The topological polar surface area (TPSA) is 94.2 Å². The summed E-state index contributed by atoms with van der Waals surface area (Å²) in [7, 11) is 0. The van der Waals surface area contributed by atoms with Crippen molar-refractivity contribution in [3.8, 4) is 11.5 Å². The summed E-state index contributed by atoms with van der Waals surface area (Å²) in [5.41, 5.74) is 1.35. The van der Waals surface area contributed by atoms with Crippen LogP contribution in [-0.4, -0.2) is 21.5 Å². The molecular formula is C18H14FN3O4. The first-order valence-electron chi connectivity index (χ1n) is 7.67. The van der Waals surface area contributed by atoms with Gasteiger partial charge in [0, 0.05) is 23.7 Å². The molecule has 8 heteroatoms. The first kappa shape index (κ1) is 17.3. The Balaban J connectivity index is 1.76. The lowest BCUT2D eigenvalue weighted by Gasteiger charge is -2.03. The zero-order chi connectivity index (χ0) is 18.7. The average Bonchev–Trinajstić information content (AvgIpc) is 2.96. The summed E-state index contributed by atoms with van der Waals surface area (Å²) in [5, 5.41) is 6.57. The fourth-order valence-electron chi connectivity index (χ4n) is 2.29. The molecule has 0 spiro atoms. The Morgan fingerprint density at radius 3 is 2.38 bits per heavy atom. The number of carbonyl (C=O) groups is 2. The lowest BCUT2D eigenvalue weighted by atomic mass is 10.1. The van der Waals surface area contributed by atoms with Crippen LogP contribution in [0.3, 0.4) is 0 Å². The van der Waals surface area contributed by atoms with Crippen LogP contribution in [0.4, 0.5) is 10.1 Å². The van der Waals surface area contributed by atoms with Gasteiger partial charge < -0.3 is 9.73 Å². The van der Waals surface area contributed by atoms with Gasteiger partial charge in [0.1, 0.15) is 12.4 Å². The molecule has 132 valence electrons. The van der Waals surface area contributed by atoms with Crippen molar-refractivity contribution >= 4 is 17.4 Å². The molecule has 0 saturated heterocycles. The van der Waals surface area contributed by atoms with Crippen LogP contribution in [0.2, 0.25) is 0 Å². The van der Waals surface area contributed by atoms with Gasteiger partial charge in [-0.25, -0.2) is 9.18 Å². The van der Waals surface area contributed by atoms with Gasteiger partial charge in [0.05, 0.1) is 0 Å². The molecule has 3 rings (SSSR count). The predicted octanol–water partition coefficient (Wildman–Crippen LogP) is 2.48. The number of ketones is 1. The van der Waals surface area contributed by atoms with E-state index in [1.165, 1.54) is 31.2 Å². The van der Waals surface area contributed by atoms with E-state index < -0.39 is 11.6 Å². The zero-order valence-corrected chi connectivity index (χ0v) is 13.7. The minimum atomic E-state index is -0.785. The summed E-state index contributed by atoms with van der Waals surface area (Å²) in [6.45, 7) is 1.08. The number of hydrogen-bond acceptors (Lipinski definition) is 5. The summed E-state index contributed by atoms with van der Waals surface area (Å²) in [6.07, 6.45) is 0. The lowest BCUT2D eigenvalue weighted by Crippen LogP contribution is -2.21.